The van der Waals surface area contributed by atoms with Crippen molar-refractivity contribution in [2.45, 2.75) is 6.42 Å². The Bertz CT molecular complexity index is 296. The molecule has 3 nitrogen and oxygen atoms in total. The third kappa shape index (κ3) is 3.25. The molecule has 15 heavy (non-hydrogen) atoms. The summed E-state index contributed by atoms with van der Waals surface area (Å²) in [6.45, 7) is 4.63. The average Bonchev–Trinajstić information content (AvgIpc) is 2.30. The molecule has 2 heterocycles. The second kappa shape index (κ2) is 5.19. The predicted molar refractivity (Wildman–Crippen MR) is 55.2 cm³/mol. The van der Waals surface area contributed by atoms with E-state index in [9.17, 15) is 4.39 Å². The second-order valence-corrected chi connectivity index (χ2v) is 3.69. The van der Waals surface area contributed by atoms with Gasteiger partial charge in [0.15, 0.2) is 0 Å². The molecule has 0 atom stereocenters. The van der Waals surface area contributed by atoms with Crippen LogP contribution in [0.5, 0.6) is 0 Å². The lowest BCUT2D eigenvalue weighted by Gasteiger charge is -2.26. The number of rotatable bonds is 3. The molecule has 0 radical (unpaired) electrons. The summed E-state index contributed by atoms with van der Waals surface area (Å²) in [5, 5.41) is 0. The van der Waals surface area contributed by atoms with Gasteiger partial charge in [-0.1, -0.05) is 6.07 Å². The molecule has 0 saturated carbocycles. The number of hydrogen-bond donors (Lipinski definition) is 0. The van der Waals surface area contributed by atoms with E-state index >= 15 is 0 Å². The number of aromatic nitrogens is 1. The van der Waals surface area contributed by atoms with Crippen molar-refractivity contribution in [1.82, 2.24) is 9.88 Å². The average molecular weight is 210 g/mol. The van der Waals surface area contributed by atoms with Gasteiger partial charge in [0.1, 0.15) is 0 Å². The Hall–Kier alpha value is -1.00. The van der Waals surface area contributed by atoms with Crippen LogP contribution in [0.1, 0.15) is 5.56 Å². The molecule has 1 aromatic rings. The Morgan fingerprint density at radius 3 is 2.80 bits per heavy atom. The second-order valence-electron chi connectivity index (χ2n) is 3.69. The van der Waals surface area contributed by atoms with Crippen molar-refractivity contribution < 1.29 is 9.13 Å². The monoisotopic (exact) mass is 210 g/mol. The summed E-state index contributed by atoms with van der Waals surface area (Å²) >= 11 is 0. The molecule has 2 rings (SSSR count). The minimum absolute atomic E-state index is 0.412. The van der Waals surface area contributed by atoms with Crippen molar-refractivity contribution in [3.8, 4) is 0 Å². The largest absolute Gasteiger partial charge is 0.379 e. The van der Waals surface area contributed by atoms with Gasteiger partial charge in [0, 0.05) is 25.8 Å². The molecule has 82 valence electrons. The first-order valence-corrected chi connectivity index (χ1v) is 5.25. The van der Waals surface area contributed by atoms with Crippen LogP contribution in [-0.4, -0.2) is 42.7 Å². The maximum absolute atomic E-state index is 12.5. The van der Waals surface area contributed by atoms with Gasteiger partial charge in [-0.3, -0.25) is 4.90 Å². The topological polar surface area (TPSA) is 25.4 Å². The third-order valence-corrected chi connectivity index (χ3v) is 2.61. The number of ether oxygens (including phenoxy) is 1. The van der Waals surface area contributed by atoms with Crippen LogP contribution in [0.4, 0.5) is 4.39 Å². The number of morpholine rings is 1. The SMILES string of the molecule is Fc1ccc(CCN2CCOCC2)cn1. The normalized spacial score (nSPS) is 17.9. The van der Waals surface area contributed by atoms with E-state index in [4.69, 9.17) is 4.74 Å². The standard InChI is InChI=1S/C11H15FN2O/c12-11-2-1-10(9-13-11)3-4-14-5-7-15-8-6-14/h1-2,9H,3-8H2. The number of halogens is 1. The van der Waals surface area contributed by atoms with Gasteiger partial charge in [0.2, 0.25) is 5.95 Å². The molecule has 1 aliphatic rings. The summed E-state index contributed by atoms with van der Waals surface area (Å²) in [4.78, 5) is 5.99. The highest BCUT2D eigenvalue weighted by atomic mass is 19.1. The van der Waals surface area contributed by atoms with Crippen LogP contribution in [0.15, 0.2) is 18.3 Å². The summed E-state index contributed by atoms with van der Waals surface area (Å²) in [5.41, 5.74) is 1.09. The Morgan fingerprint density at radius 2 is 2.13 bits per heavy atom. The van der Waals surface area contributed by atoms with Crippen molar-refractivity contribution >= 4 is 0 Å². The lowest BCUT2D eigenvalue weighted by atomic mass is 10.2. The molecule has 0 bridgehead atoms. The third-order valence-electron chi connectivity index (χ3n) is 2.61. The summed E-state index contributed by atoms with van der Waals surface area (Å²) in [5.74, 6) is -0.412. The van der Waals surface area contributed by atoms with Gasteiger partial charge in [0.25, 0.3) is 0 Å². The van der Waals surface area contributed by atoms with Gasteiger partial charge >= 0.3 is 0 Å². The zero-order valence-electron chi connectivity index (χ0n) is 8.66. The van der Waals surface area contributed by atoms with E-state index < -0.39 is 5.95 Å². The zero-order valence-corrected chi connectivity index (χ0v) is 8.66. The van der Waals surface area contributed by atoms with E-state index in [1.165, 1.54) is 6.07 Å². The molecule has 0 unspecified atom stereocenters. The highest BCUT2D eigenvalue weighted by molar-refractivity contribution is 5.09. The highest BCUT2D eigenvalue weighted by Crippen LogP contribution is 2.03. The van der Waals surface area contributed by atoms with Crippen LogP contribution in [0.25, 0.3) is 0 Å². The number of pyridine rings is 1. The van der Waals surface area contributed by atoms with E-state index in [0.29, 0.717) is 0 Å². The van der Waals surface area contributed by atoms with Crippen LogP contribution in [0.3, 0.4) is 0 Å². The number of hydrogen-bond acceptors (Lipinski definition) is 3. The Morgan fingerprint density at radius 1 is 1.33 bits per heavy atom. The fourth-order valence-corrected chi connectivity index (χ4v) is 1.67. The maximum atomic E-state index is 12.5. The highest BCUT2D eigenvalue weighted by Gasteiger charge is 2.09. The fourth-order valence-electron chi connectivity index (χ4n) is 1.67. The smallest absolute Gasteiger partial charge is 0.212 e. The van der Waals surface area contributed by atoms with Crippen molar-refractivity contribution in [3.05, 3.63) is 29.8 Å². The van der Waals surface area contributed by atoms with Crippen molar-refractivity contribution in [2.24, 2.45) is 0 Å². The van der Waals surface area contributed by atoms with E-state index in [2.05, 4.69) is 9.88 Å². The van der Waals surface area contributed by atoms with Gasteiger partial charge in [-0.05, 0) is 18.1 Å². The first kappa shape index (κ1) is 10.5. The van der Waals surface area contributed by atoms with E-state index in [1.807, 2.05) is 0 Å². The first-order chi connectivity index (χ1) is 7.34. The molecule has 1 fully saturated rings. The van der Waals surface area contributed by atoms with Crippen LogP contribution in [-0.2, 0) is 11.2 Å². The Kier molecular flexibility index (Phi) is 3.64. The van der Waals surface area contributed by atoms with Crippen molar-refractivity contribution in [3.63, 3.8) is 0 Å². The summed E-state index contributed by atoms with van der Waals surface area (Å²) < 4.78 is 17.8. The van der Waals surface area contributed by atoms with E-state index in [-0.39, 0.29) is 0 Å². The predicted octanol–water partition coefficient (Wildman–Crippen LogP) is 1.10. The summed E-state index contributed by atoms with van der Waals surface area (Å²) in [6, 6.07) is 3.21. The molecule has 4 heteroatoms. The summed E-state index contributed by atoms with van der Waals surface area (Å²) in [6.07, 6.45) is 2.53. The van der Waals surface area contributed by atoms with Crippen LogP contribution < -0.4 is 0 Å². The van der Waals surface area contributed by atoms with Gasteiger partial charge < -0.3 is 4.74 Å². The van der Waals surface area contributed by atoms with E-state index in [0.717, 1.165) is 44.8 Å². The van der Waals surface area contributed by atoms with Gasteiger partial charge in [-0.25, -0.2) is 4.98 Å². The first-order valence-electron chi connectivity index (χ1n) is 5.25. The molecule has 1 aliphatic heterocycles. The molecule has 0 spiro atoms. The van der Waals surface area contributed by atoms with Gasteiger partial charge in [0.05, 0.1) is 13.2 Å². The van der Waals surface area contributed by atoms with Crippen LogP contribution in [0.2, 0.25) is 0 Å². The Labute approximate surface area is 88.9 Å². The molecular formula is C11H15FN2O. The lowest BCUT2D eigenvalue weighted by Crippen LogP contribution is -2.37. The van der Waals surface area contributed by atoms with Crippen LogP contribution in [0, 0.1) is 5.95 Å². The van der Waals surface area contributed by atoms with Crippen molar-refractivity contribution in [2.75, 3.05) is 32.8 Å². The molecule has 0 aromatic carbocycles. The minimum atomic E-state index is -0.412. The van der Waals surface area contributed by atoms with Gasteiger partial charge in [-0.2, -0.15) is 4.39 Å². The number of nitrogens with zero attached hydrogens (tertiary/aromatic N) is 2. The molecule has 0 aliphatic carbocycles. The Balaban J connectivity index is 1.79. The van der Waals surface area contributed by atoms with Gasteiger partial charge in [-0.15, -0.1) is 0 Å². The van der Waals surface area contributed by atoms with Crippen LogP contribution >= 0.6 is 0 Å². The molecular weight excluding hydrogens is 195 g/mol. The lowest BCUT2D eigenvalue weighted by molar-refractivity contribution is 0.0384. The summed E-state index contributed by atoms with van der Waals surface area (Å²) in [7, 11) is 0. The minimum Gasteiger partial charge on any atom is -0.379 e. The molecule has 1 aromatic heterocycles. The van der Waals surface area contributed by atoms with E-state index in [1.54, 1.807) is 12.3 Å². The van der Waals surface area contributed by atoms with Crippen molar-refractivity contribution in [1.29, 1.82) is 0 Å². The zero-order chi connectivity index (χ0) is 10.5. The fraction of sp³-hybridized carbons (Fsp3) is 0.545. The molecule has 0 N–H and O–H groups in total. The molecule has 0 amide bonds. The molecule has 1 saturated heterocycles. The quantitative estimate of drug-likeness (QED) is 0.698. The maximum Gasteiger partial charge on any atom is 0.212 e.